The number of hydrogen-bond donors (Lipinski definition) is 3. The van der Waals surface area contributed by atoms with Gasteiger partial charge in [0.1, 0.15) is 23.8 Å². The Labute approximate surface area is 247 Å². The summed E-state index contributed by atoms with van der Waals surface area (Å²) in [5.74, 6) is -0.935. The molecule has 2 heterocycles. The van der Waals surface area contributed by atoms with Gasteiger partial charge in [-0.3, -0.25) is 9.59 Å². The Bertz CT molecular complexity index is 1700. The normalized spacial score (nSPS) is 20.5. The van der Waals surface area contributed by atoms with Gasteiger partial charge in [0.25, 0.3) is 5.91 Å². The smallest absolute Gasteiger partial charge is 0.290 e. The van der Waals surface area contributed by atoms with Gasteiger partial charge < -0.3 is 34.3 Å². The summed E-state index contributed by atoms with van der Waals surface area (Å²) < 4.78 is 31.6. The summed E-state index contributed by atoms with van der Waals surface area (Å²) in [6, 6.07) is 19.2. The van der Waals surface area contributed by atoms with E-state index in [-0.39, 0.29) is 31.9 Å². The van der Waals surface area contributed by atoms with Crippen molar-refractivity contribution in [2.24, 2.45) is 0 Å². The van der Waals surface area contributed by atoms with Crippen molar-refractivity contribution >= 4 is 22.8 Å². The van der Waals surface area contributed by atoms with E-state index >= 15 is 0 Å². The van der Waals surface area contributed by atoms with Crippen LogP contribution in [0, 0.1) is 5.82 Å². The monoisotopic (exact) mass is 586 g/mol. The Morgan fingerprint density at radius 1 is 1.07 bits per heavy atom. The van der Waals surface area contributed by atoms with Crippen molar-refractivity contribution in [3.05, 3.63) is 107 Å². The molecule has 2 amide bonds. The van der Waals surface area contributed by atoms with Crippen LogP contribution >= 0.6 is 0 Å². The maximum atomic E-state index is 14.2. The first-order chi connectivity index (χ1) is 20.9. The molecular weight excluding hydrogens is 555 g/mol. The number of nitrogens with one attached hydrogen (secondary N) is 1. The molecule has 1 aliphatic heterocycles. The van der Waals surface area contributed by atoms with Crippen LogP contribution in [-0.4, -0.2) is 72.0 Å². The van der Waals surface area contributed by atoms with E-state index < -0.39 is 41.8 Å². The molecule has 1 aliphatic carbocycles. The second-order valence-corrected chi connectivity index (χ2v) is 10.5. The van der Waals surface area contributed by atoms with Crippen molar-refractivity contribution in [1.82, 2.24) is 10.2 Å². The molecule has 3 N–H and O–H groups in total. The van der Waals surface area contributed by atoms with E-state index in [1.165, 1.54) is 24.1 Å². The van der Waals surface area contributed by atoms with Gasteiger partial charge in [0.15, 0.2) is 17.1 Å². The zero-order valence-corrected chi connectivity index (χ0v) is 23.4. The number of furan rings is 1. The topological polar surface area (TPSA) is 121 Å². The first-order valence-corrected chi connectivity index (χ1v) is 14.1. The van der Waals surface area contributed by atoms with Crippen molar-refractivity contribution in [3.8, 4) is 11.5 Å². The molecule has 0 saturated carbocycles. The Balaban J connectivity index is 1.42. The molecule has 222 valence electrons. The highest BCUT2D eigenvalue weighted by Crippen LogP contribution is 2.47. The van der Waals surface area contributed by atoms with E-state index in [1.807, 2.05) is 12.1 Å². The number of fused-ring (bicyclic) bond motifs is 4. The molecule has 2 aliphatic rings. The molecule has 3 aromatic carbocycles. The molecular formula is C33H31FN2O7. The van der Waals surface area contributed by atoms with Crippen LogP contribution in [0.2, 0.25) is 0 Å². The molecule has 6 rings (SSSR count). The van der Waals surface area contributed by atoms with E-state index in [1.54, 1.807) is 54.6 Å². The highest BCUT2D eigenvalue weighted by atomic mass is 19.1. The molecule has 0 unspecified atom stereocenters. The predicted molar refractivity (Wildman–Crippen MR) is 155 cm³/mol. The molecule has 0 fully saturated rings. The lowest BCUT2D eigenvalue weighted by atomic mass is 9.77. The number of benzene rings is 3. The quantitative estimate of drug-likeness (QED) is 0.274. The zero-order valence-electron chi connectivity index (χ0n) is 23.4. The summed E-state index contributed by atoms with van der Waals surface area (Å²) in [6.07, 6.45) is -0.216. The number of para-hydroxylation sites is 2. The number of aliphatic hydroxyl groups excluding tert-OH is 2. The third kappa shape index (κ3) is 5.35. The standard InChI is InChI=1S/C33H31FN2O7/c1-41-26-11-5-7-20-17-27(43-30(20)26)33(40)36(14-12-19-6-4-8-21(34)16-19)24-18-23(32(39)35-13-15-37)28-22-9-2-3-10-25(22)42-31(28)29(24)38/h2-11,16-18,24,28-29,31,37-38H,12-15H2,1H3,(H,35,39)/t24-,28+,29+,31+/m1/s1. The summed E-state index contributed by atoms with van der Waals surface area (Å²) in [4.78, 5) is 29.1. The fraction of sp³-hybridized carbons (Fsp3) is 0.273. The molecule has 43 heavy (non-hydrogen) atoms. The minimum Gasteiger partial charge on any atom is -0.493 e. The third-order valence-corrected chi connectivity index (χ3v) is 7.97. The van der Waals surface area contributed by atoms with Gasteiger partial charge in [0.05, 0.1) is 25.7 Å². The minimum atomic E-state index is -1.22. The maximum Gasteiger partial charge on any atom is 0.290 e. The number of halogens is 1. The summed E-state index contributed by atoms with van der Waals surface area (Å²) in [5.41, 5.74) is 2.12. The van der Waals surface area contributed by atoms with Gasteiger partial charge in [-0.2, -0.15) is 0 Å². The number of nitrogens with zero attached hydrogens (tertiary/aromatic N) is 1. The summed E-state index contributed by atoms with van der Waals surface area (Å²) >= 11 is 0. The Morgan fingerprint density at radius 2 is 1.88 bits per heavy atom. The Morgan fingerprint density at radius 3 is 2.67 bits per heavy atom. The van der Waals surface area contributed by atoms with Crippen molar-refractivity contribution in [2.45, 2.75) is 30.6 Å². The lowest BCUT2D eigenvalue weighted by Crippen LogP contribution is -2.56. The molecule has 0 saturated heterocycles. The lowest BCUT2D eigenvalue weighted by Gasteiger charge is -2.40. The molecule has 0 radical (unpaired) electrons. The van der Waals surface area contributed by atoms with E-state index in [0.29, 0.717) is 33.6 Å². The van der Waals surface area contributed by atoms with Crippen molar-refractivity contribution in [3.63, 3.8) is 0 Å². The van der Waals surface area contributed by atoms with Crippen LogP contribution in [0.5, 0.6) is 11.5 Å². The lowest BCUT2D eigenvalue weighted by molar-refractivity contribution is -0.118. The first-order valence-electron chi connectivity index (χ1n) is 14.1. The number of carbonyl (C=O) groups excluding carboxylic acids is 2. The fourth-order valence-corrected chi connectivity index (χ4v) is 5.96. The van der Waals surface area contributed by atoms with Crippen LogP contribution in [-0.2, 0) is 11.2 Å². The van der Waals surface area contributed by atoms with Crippen LogP contribution in [0.1, 0.15) is 27.6 Å². The summed E-state index contributed by atoms with van der Waals surface area (Å²) in [5, 5.41) is 24.5. The van der Waals surface area contributed by atoms with Gasteiger partial charge in [-0.05, 0) is 48.4 Å². The van der Waals surface area contributed by atoms with Gasteiger partial charge in [0, 0.05) is 29.6 Å². The van der Waals surface area contributed by atoms with Crippen LogP contribution < -0.4 is 14.8 Å². The highest BCUT2D eigenvalue weighted by Gasteiger charge is 2.50. The number of aliphatic hydroxyl groups is 2. The van der Waals surface area contributed by atoms with Crippen LogP contribution in [0.25, 0.3) is 11.0 Å². The summed E-state index contributed by atoms with van der Waals surface area (Å²) in [7, 11) is 1.51. The average Bonchev–Trinajstić information content (AvgIpc) is 3.63. The molecule has 9 nitrogen and oxygen atoms in total. The van der Waals surface area contributed by atoms with E-state index in [2.05, 4.69) is 5.32 Å². The summed E-state index contributed by atoms with van der Waals surface area (Å²) in [6.45, 7) is -0.142. The number of ether oxygens (including phenoxy) is 2. The maximum absolute atomic E-state index is 14.2. The Kier molecular flexibility index (Phi) is 7.88. The van der Waals surface area contributed by atoms with Crippen molar-refractivity contribution in [1.29, 1.82) is 0 Å². The van der Waals surface area contributed by atoms with Gasteiger partial charge >= 0.3 is 0 Å². The van der Waals surface area contributed by atoms with Crippen LogP contribution in [0.4, 0.5) is 4.39 Å². The van der Waals surface area contributed by atoms with Crippen molar-refractivity contribution < 1.29 is 38.1 Å². The average molecular weight is 587 g/mol. The molecule has 10 heteroatoms. The van der Waals surface area contributed by atoms with E-state index in [4.69, 9.17) is 13.9 Å². The zero-order chi connectivity index (χ0) is 30.1. The van der Waals surface area contributed by atoms with Crippen LogP contribution in [0.3, 0.4) is 0 Å². The number of amides is 2. The van der Waals surface area contributed by atoms with Gasteiger partial charge in [-0.1, -0.05) is 42.5 Å². The van der Waals surface area contributed by atoms with E-state index in [0.717, 1.165) is 5.56 Å². The molecule has 4 atom stereocenters. The molecule has 0 spiro atoms. The first kappa shape index (κ1) is 28.4. The van der Waals surface area contributed by atoms with E-state index in [9.17, 15) is 24.2 Å². The fourth-order valence-electron chi connectivity index (χ4n) is 5.96. The minimum absolute atomic E-state index is 0.0170. The molecule has 4 aromatic rings. The van der Waals surface area contributed by atoms with Gasteiger partial charge in [0.2, 0.25) is 5.91 Å². The highest BCUT2D eigenvalue weighted by molar-refractivity contribution is 5.99. The third-order valence-electron chi connectivity index (χ3n) is 7.97. The second-order valence-electron chi connectivity index (χ2n) is 10.5. The second kappa shape index (κ2) is 11.9. The van der Waals surface area contributed by atoms with Crippen LogP contribution in [0.15, 0.2) is 88.9 Å². The van der Waals surface area contributed by atoms with Gasteiger partial charge in [-0.15, -0.1) is 0 Å². The Hall–Kier alpha value is -4.67. The largest absolute Gasteiger partial charge is 0.493 e. The number of hydrogen-bond acceptors (Lipinski definition) is 7. The number of carbonyl (C=O) groups is 2. The molecule has 0 bridgehead atoms. The molecule has 1 aromatic heterocycles. The number of rotatable bonds is 9. The van der Waals surface area contributed by atoms with Crippen molar-refractivity contribution in [2.75, 3.05) is 26.8 Å². The van der Waals surface area contributed by atoms with Gasteiger partial charge in [-0.25, -0.2) is 4.39 Å². The SMILES string of the molecule is COc1cccc2cc(C(=O)N(CCc3cccc(F)c3)[C@@H]3C=C(C(=O)NCCO)[C@@H]4c5ccccc5O[C@@H]4[C@H]3O)oc12. The number of methoxy groups -OCH3 is 1. The predicted octanol–water partition coefficient (Wildman–Crippen LogP) is 3.59.